The number of benzene rings is 1. The summed E-state index contributed by atoms with van der Waals surface area (Å²) in [7, 11) is 0. The molecule has 2 aliphatic rings. The molecule has 2 heterocycles. The molecule has 1 saturated heterocycles. The van der Waals surface area contributed by atoms with Crippen LogP contribution in [0.25, 0.3) is 0 Å². The topological polar surface area (TPSA) is 101 Å². The first-order valence-electron chi connectivity index (χ1n) is 8.30. The number of carbonyl (C=O) groups is 1. The van der Waals surface area contributed by atoms with E-state index in [0.717, 1.165) is 49.5 Å². The van der Waals surface area contributed by atoms with Gasteiger partial charge in [-0.15, -0.1) is 10.2 Å². The van der Waals surface area contributed by atoms with Gasteiger partial charge >= 0.3 is 0 Å². The van der Waals surface area contributed by atoms with Crippen molar-refractivity contribution in [1.82, 2.24) is 10.2 Å². The molecule has 0 radical (unpaired) electrons. The number of non-ortho nitro benzene ring substituents is 1. The highest BCUT2D eigenvalue weighted by atomic mass is 32.1. The summed E-state index contributed by atoms with van der Waals surface area (Å²) >= 11 is 1.37. The van der Waals surface area contributed by atoms with Gasteiger partial charge in [-0.25, -0.2) is 0 Å². The van der Waals surface area contributed by atoms with Crippen LogP contribution in [0.1, 0.15) is 47.0 Å². The van der Waals surface area contributed by atoms with Crippen LogP contribution in [-0.4, -0.2) is 34.1 Å². The molecule has 0 unspecified atom stereocenters. The van der Waals surface area contributed by atoms with Gasteiger partial charge in [-0.3, -0.25) is 20.2 Å². The van der Waals surface area contributed by atoms with E-state index in [1.54, 1.807) is 6.07 Å². The molecule has 1 aliphatic heterocycles. The van der Waals surface area contributed by atoms with E-state index >= 15 is 0 Å². The summed E-state index contributed by atoms with van der Waals surface area (Å²) < 4.78 is 0. The molecule has 2 fully saturated rings. The number of hydrogen-bond donors (Lipinski definition) is 1. The van der Waals surface area contributed by atoms with Gasteiger partial charge in [0.2, 0.25) is 5.13 Å². The Balaban J connectivity index is 1.61. The molecule has 1 aromatic heterocycles. The van der Waals surface area contributed by atoms with Gasteiger partial charge in [-0.2, -0.15) is 0 Å². The fourth-order valence-corrected chi connectivity index (χ4v) is 3.91. The van der Waals surface area contributed by atoms with Gasteiger partial charge in [0.15, 0.2) is 0 Å². The van der Waals surface area contributed by atoms with Crippen LogP contribution in [0.2, 0.25) is 0 Å². The molecule has 2 aromatic rings. The molecule has 0 spiro atoms. The quantitative estimate of drug-likeness (QED) is 0.650. The predicted molar refractivity (Wildman–Crippen MR) is 94.4 cm³/mol. The van der Waals surface area contributed by atoms with Crippen molar-refractivity contribution in [2.24, 2.45) is 0 Å². The third-order valence-corrected chi connectivity index (χ3v) is 5.47. The average Bonchev–Trinajstić information content (AvgIpc) is 3.11. The maximum atomic E-state index is 12.7. The Hall–Kier alpha value is -2.55. The van der Waals surface area contributed by atoms with E-state index in [4.69, 9.17) is 0 Å². The molecule has 4 rings (SSSR count). The summed E-state index contributed by atoms with van der Waals surface area (Å²) in [6.07, 6.45) is 4.34. The second kappa shape index (κ2) is 6.40. The van der Waals surface area contributed by atoms with Crippen molar-refractivity contribution in [2.75, 3.05) is 23.3 Å². The van der Waals surface area contributed by atoms with Crippen molar-refractivity contribution in [3.8, 4) is 0 Å². The second-order valence-electron chi connectivity index (χ2n) is 6.33. The SMILES string of the molecule is O=C(Nc1nnc(C2CC2)s1)c1cc([N+](=O)[O-])ccc1N1CCCC1. The zero-order valence-electron chi connectivity index (χ0n) is 13.5. The predicted octanol–water partition coefficient (Wildman–Crippen LogP) is 3.18. The van der Waals surface area contributed by atoms with Crippen LogP contribution < -0.4 is 10.2 Å². The van der Waals surface area contributed by atoms with Gasteiger partial charge in [0.1, 0.15) is 5.01 Å². The summed E-state index contributed by atoms with van der Waals surface area (Å²) in [6, 6.07) is 4.44. The van der Waals surface area contributed by atoms with Gasteiger partial charge in [0.25, 0.3) is 11.6 Å². The molecule has 1 aliphatic carbocycles. The minimum atomic E-state index is -0.485. The van der Waals surface area contributed by atoms with Crippen molar-refractivity contribution in [3.05, 3.63) is 38.9 Å². The van der Waals surface area contributed by atoms with Gasteiger partial charge in [0.05, 0.1) is 16.2 Å². The molecule has 9 heteroatoms. The smallest absolute Gasteiger partial charge is 0.270 e. The van der Waals surface area contributed by atoms with Crippen LogP contribution in [0.5, 0.6) is 0 Å². The average molecular weight is 359 g/mol. The van der Waals surface area contributed by atoms with E-state index in [1.807, 2.05) is 0 Å². The Bertz CT molecular complexity index is 827. The number of anilines is 2. The minimum absolute atomic E-state index is 0.0935. The zero-order valence-corrected chi connectivity index (χ0v) is 14.3. The van der Waals surface area contributed by atoms with E-state index in [2.05, 4.69) is 20.4 Å². The third-order valence-electron chi connectivity index (χ3n) is 4.47. The Labute approximate surface area is 148 Å². The van der Waals surface area contributed by atoms with Crippen molar-refractivity contribution in [2.45, 2.75) is 31.6 Å². The molecule has 0 atom stereocenters. The van der Waals surface area contributed by atoms with Crippen LogP contribution in [0.15, 0.2) is 18.2 Å². The summed E-state index contributed by atoms with van der Waals surface area (Å²) in [5.74, 6) is 0.0882. The number of nitro benzene ring substituents is 1. The van der Waals surface area contributed by atoms with Crippen molar-refractivity contribution in [1.29, 1.82) is 0 Å². The molecule has 0 bridgehead atoms. The number of amides is 1. The summed E-state index contributed by atoms with van der Waals surface area (Å²) in [5.41, 5.74) is 0.941. The molecule has 25 heavy (non-hydrogen) atoms. The number of aromatic nitrogens is 2. The van der Waals surface area contributed by atoms with Crippen LogP contribution in [0.4, 0.5) is 16.5 Å². The lowest BCUT2D eigenvalue weighted by molar-refractivity contribution is -0.384. The fraction of sp³-hybridized carbons (Fsp3) is 0.438. The molecule has 1 amide bonds. The van der Waals surface area contributed by atoms with Crippen LogP contribution in [0.3, 0.4) is 0 Å². The van der Waals surface area contributed by atoms with Gasteiger partial charge in [-0.1, -0.05) is 11.3 Å². The Morgan fingerprint density at radius 1 is 1.28 bits per heavy atom. The molecule has 1 saturated carbocycles. The molecular formula is C16H17N5O3S. The summed E-state index contributed by atoms with van der Waals surface area (Å²) in [5, 5.41) is 23.3. The van der Waals surface area contributed by atoms with Crippen molar-refractivity contribution in [3.63, 3.8) is 0 Å². The van der Waals surface area contributed by atoms with Crippen molar-refractivity contribution >= 4 is 33.8 Å². The molecule has 8 nitrogen and oxygen atoms in total. The third kappa shape index (κ3) is 3.32. The van der Waals surface area contributed by atoms with Gasteiger partial charge in [0, 0.05) is 31.1 Å². The van der Waals surface area contributed by atoms with Crippen LogP contribution >= 0.6 is 11.3 Å². The molecule has 1 N–H and O–H groups in total. The lowest BCUT2D eigenvalue weighted by Gasteiger charge is -2.20. The highest BCUT2D eigenvalue weighted by molar-refractivity contribution is 7.15. The van der Waals surface area contributed by atoms with E-state index in [9.17, 15) is 14.9 Å². The number of nitrogens with one attached hydrogen (secondary N) is 1. The van der Waals surface area contributed by atoms with Gasteiger partial charge in [-0.05, 0) is 31.7 Å². The Morgan fingerprint density at radius 2 is 2.04 bits per heavy atom. The van der Waals surface area contributed by atoms with E-state index in [1.165, 1.54) is 23.5 Å². The number of rotatable bonds is 5. The van der Waals surface area contributed by atoms with E-state index in [-0.39, 0.29) is 11.6 Å². The lowest BCUT2D eigenvalue weighted by atomic mass is 10.1. The highest BCUT2D eigenvalue weighted by Gasteiger charge is 2.28. The Morgan fingerprint density at radius 3 is 2.72 bits per heavy atom. The maximum absolute atomic E-state index is 12.7. The van der Waals surface area contributed by atoms with Crippen LogP contribution in [0, 0.1) is 10.1 Å². The lowest BCUT2D eigenvalue weighted by Crippen LogP contribution is -2.23. The summed E-state index contributed by atoms with van der Waals surface area (Å²) in [4.78, 5) is 25.4. The molecular weight excluding hydrogens is 342 g/mol. The Kier molecular flexibility index (Phi) is 4.08. The van der Waals surface area contributed by atoms with Gasteiger partial charge < -0.3 is 4.90 Å². The first-order chi connectivity index (χ1) is 12.1. The first kappa shape index (κ1) is 15.9. The minimum Gasteiger partial charge on any atom is -0.371 e. The monoisotopic (exact) mass is 359 g/mol. The van der Waals surface area contributed by atoms with Crippen molar-refractivity contribution < 1.29 is 9.72 Å². The number of hydrogen-bond acceptors (Lipinski definition) is 7. The second-order valence-corrected chi connectivity index (χ2v) is 7.34. The van der Waals surface area contributed by atoms with E-state index in [0.29, 0.717) is 16.6 Å². The number of nitro groups is 1. The normalized spacial score (nSPS) is 16.9. The summed E-state index contributed by atoms with van der Waals surface area (Å²) in [6.45, 7) is 1.70. The zero-order chi connectivity index (χ0) is 17.4. The maximum Gasteiger partial charge on any atom is 0.270 e. The highest BCUT2D eigenvalue weighted by Crippen LogP contribution is 2.42. The van der Waals surface area contributed by atoms with Crippen LogP contribution in [-0.2, 0) is 0 Å². The largest absolute Gasteiger partial charge is 0.371 e. The number of carbonyl (C=O) groups excluding carboxylic acids is 1. The molecule has 1 aromatic carbocycles. The number of nitrogens with zero attached hydrogens (tertiary/aromatic N) is 4. The molecule has 130 valence electrons. The standard InChI is InChI=1S/C16H17N5O3S/c22-14(17-16-19-18-15(25-16)10-3-4-10)12-9-11(21(23)24)5-6-13(12)20-7-1-2-8-20/h5-6,9-10H,1-4,7-8H2,(H,17,19,22). The van der Waals surface area contributed by atoms with E-state index < -0.39 is 4.92 Å². The first-order valence-corrected chi connectivity index (χ1v) is 9.11. The fourth-order valence-electron chi connectivity index (χ4n) is 3.00.